The molecule has 1 saturated heterocycles. The highest BCUT2D eigenvalue weighted by atomic mass is 79.9. The minimum Gasteiger partial charge on any atom is -0.370 e. The van der Waals surface area contributed by atoms with Gasteiger partial charge in [-0.3, -0.25) is 0 Å². The van der Waals surface area contributed by atoms with E-state index in [0.717, 1.165) is 6.07 Å². The SMILES string of the molecule is O=S1(=O)CCCN(c2ccc(CBr)c(C(F)(F)F)c2)CC1. The lowest BCUT2D eigenvalue weighted by Crippen LogP contribution is -2.27. The Hall–Kier alpha value is -0.760. The van der Waals surface area contributed by atoms with Gasteiger partial charge in [-0.1, -0.05) is 22.0 Å². The molecule has 0 radical (unpaired) electrons. The van der Waals surface area contributed by atoms with E-state index in [4.69, 9.17) is 0 Å². The van der Waals surface area contributed by atoms with Crippen LogP contribution in [0.4, 0.5) is 18.9 Å². The fraction of sp³-hybridized carbons (Fsp3) is 0.538. The Kier molecular flexibility index (Phi) is 4.87. The number of benzene rings is 1. The van der Waals surface area contributed by atoms with Crippen LogP contribution in [0.3, 0.4) is 0 Å². The first-order chi connectivity index (χ1) is 9.73. The Morgan fingerprint density at radius 1 is 1.19 bits per heavy atom. The highest BCUT2D eigenvalue weighted by molar-refractivity contribution is 9.08. The average molecular weight is 386 g/mol. The Bertz CT molecular complexity index is 616. The highest BCUT2D eigenvalue weighted by Gasteiger charge is 2.33. The van der Waals surface area contributed by atoms with Crippen molar-refractivity contribution in [2.75, 3.05) is 29.5 Å². The molecule has 0 aliphatic carbocycles. The first kappa shape index (κ1) is 16.6. The number of nitrogens with zero attached hydrogens (tertiary/aromatic N) is 1. The largest absolute Gasteiger partial charge is 0.416 e. The monoisotopic (exact) mass is 385 g/mol. The number of rotatable bonds is 2. The van der Waals surface area contributed by atoms with Crippen LogP contribution in [-0.2, 0) is 21.3 Å². The molecule has 0 atom stereocenters. The molecule has 0 amide bonds. The van der Waals surface area contributed by atoms with Gasteiger partial charge in [0, 0.05) is 24.1 Å². The number of hydrogen-bond acceptors (Lipinski definition) is 3. The van der Waals surface area contributed by atoms with Crippen molar-refractivity contribution in [1.82, 2.24) is 0 Å². The molecule has 1 aromatic carbocycles. The van der Waals surface area contributed by atoms with E-state index in [1.807, 2.05) is 0 Å². The molecule has 2 rings (SSSR count). The molecule has 0 bridgehead atoms. The summed E-state index contributed by atoms with van der Waals surface area (Å²) in [5.74, 6) is 0.0731. The third kappa shape index (κ3) is 4.12. The van der Waals surface area contributed by atoms with Gasteiger partial charge in [-0.15, -0.1) is 0 Å². The number of anilines is 1. The second kappa shape index (κ2) is 6.16. The lowest BCUT2D eigenvalue weighted by molar-refractivity contribution is -0.138. The molecule has 0 N–H and O–H groups in total. The zero-order valence-corrected chi connectivity index (χ0v) is 13.6. The third-order valence-electron chi connectivity index (χ3n) is 3.46. The maximum atomic E-state index is 13.1. The first-order valence-corrected chi connectivity index (χ1v) is 9.39. The van der Waals surface area contributed by atoms with Crippen LogP contribution in [0.5, 0.6) is 0 Å². The summed E-state index contributed by atoms with van der Waals surface area (Å²) in [6.45, 7) is 0.678. The van der Waals surface area contributed by atoms with Gasteiger partial charge in [0.2, 0.25) is 0 Å². The van der Waals surface area contributed by atoms with Crippen LogP contribution in [0.1, 0.15) is 17.5 Å². The van der Waals surface area contributed by atoms with Crippen LogP contribution in [0.15, 0.2) is 18.2 Å². The maximum Gasteiger partial charge on any atom is 0.416 e. The van der Waals surface area contributed by atoms with E-state index in [0.29, 0.717) is 18.7 Å². The summed E-state index contributed by atoms with van der Waals surface area (Å²) in [6, 6.07) is 4.16. The third-order valence-corrected chi connectivity index (χ3v) is 5.78. The lowest BCUT2D eigenvalue weighted by Gasteiger charge is -2.24. The zero-order chi connectivity index (χ0) is 15.7. The van der Waals surface area contributed by atoms with Gasteiger partial charge in [-0.05, 0) is 24.1 Å². The molecule has 1 heterocycles. The Labute approximate surface area is 130 Å². The van der Waals surface area contributed by atoms with E-state index < -0.39 is 21.6 Å². The maximum absolute atomic E-state index is 13.1. The molecule has 118 valence electrons. The van der Waals surface area contributed by atoms with Crippen molar-refractivity contribution < 1.29 is 21.6 Å². The molecular weight excluding hydrogens is 371 g/mol. The van der Waals surface area contributed by atoms with Crippen LogP contribution < -0.4 is 4.90 Å². The number of sulfone groups is 1. The van der Waals surface area contributed by atoms with Crippen LogP contribution in [0.2, 0.25) is 0 Å². The summed E-state index contributed by atoms with van der Waals surface area (Å²) >= 11 is 3.06. The van der Waals surface area contributed by atoms with Gasteiger partial charge in [0.1, 0.15) is 0 Å². The van der Waals surface area contributed by atoms with Gasteiger partial charge in [-0.25, -0.2) is 8.42 Å². The standard InChI is InChI=1S/C13H15BrF3NO2S/c14-9-10-2-3-11(8-12(10)13(15,16)17)18-4-1-6-21(19,20)7-5-18/h2-3,8H,1,4-7,9H2. The predicted octanol–water partition coefficient (Wildman–Crippen LogP) is 3.23. The quantitative estimate of drug-likeness (QED) is 0.733. The second-order valence-electron chi connectivity index (χ2n) is 4.97. The normalized spacial score (nSPS) is 19.3. The Balaban J connectivity index is 2.32. The molecule has 1 aromatic rings. The van der Waals surface area contributed by atoms with E-state index in [1.165, 1.54) is 6.07 Å². The number of halogens is 4. The van der Waals surface area contributed by atoms with E-state index in [9.17, 15) is 21.6 Å². The number of hydrogen-bond donors (Lipinski definition) is 0. The Morgan fingerprint density at radius 3 is 2.52 bits per heavy atom. The van der Waals surface area contributed by atoms with Crippen LogP contribution >= 0.6 is 15.9 Å². The van der Waals surface area contributed by atoms with Crippen molar-refractivity contribution >= 4 is 31.5 Å². The van der Waals surface area contributed by atoms with E-state index >= 15 is 0 Å². The fourth-order valence-corrected chi connectivity index (χ4v) is 4.10. The van der Waals surface area contributed by atoms with E-state index in [-0.39, 0.29) is 28.9 Å². The van der Waals surface area contributed by atoms with Crippen molar-refractivity contribution in [2.45, 2.75) is 17.9 Å². The van der Waals surface area contributed by atoms with Crippen molar-refractivity contribution in [3.63, 3.8) is 0 Å². The molecule has 0 unspecified atom stereocenters. The van der Waals surface area contributed by atoms with Gasteiger partial charge in [0.05, 0.1) is 17.1 Å². The molecule has 0 spiro atoms. The van der Waals surface area contributed by atoms with Crippen molar-refractivity contribution in [3.8, 4) is 0 Å². The van der Waals surface area contributed by atoms with E-state index in [1.54, 1.807) is 11.0 Å². The lowest BCUT2D eigenvalue weighted by atomic mass is 10.1. The Morgan fingerprint density at radius 2 is 1.90 bits per heavy atom. The van der Waals surface area contributed by atoms with Crippen LogP contribution in [0, 0.1) is 0 Å². The topological polar surface area (TPSA) is 37.4 Å². The van der Waals surface area contributed by atoms with Crippen molar-refractivity contribution in [1.29, 1.82) is 0 Å². The van der Waals surface area contributed by atoms with Gasteiger partial charge in [-0.2, -0.15) is 13.2 Å². The van der Waals surface area contributed by atoms with E-state index in [2.05, 4.69) is 15.9 Å². The number of alkyl halides is 4. The summed E-state index contributed by atoms with van der Waals surface area (Å²) in [5, 5.41) is 0.122. The van der Waals surface area contributed by atoms with Gasteiger partial charge in [0.15, 0.2) is 9.84 Å². The van der Waals surface area contributed by atoms with Gasteiger partial charge < -0.3 is 4.90 Å². The molecule has 1 aliphatic heterocycles. The summed E-state index contributed by atoms with van der Waals surface area (Å²) in [7, 11) is -3.08. The predicted molar refractivity (Wildman–Crippen MR) is 79.6 cm³/mol. The molecule has 1 aliphatic rings. The molecule has 0 saturated carbocycles. The molecule has 0 aromatic heterocycles. The minimum atomic E-state index is -4.42. The first-order valence-electron chi connectivity index (χ1n) is 6.44. The van der Waals surface area contributed by atoms with Crippen molar-refractivity contribution in [3.05, 3.63) is 29.3 Å². The molecule has 3 nitrogen and oxygen atoms in total. The summed E-state index contributed by atoms with van der Waals surface area (Å²) in [5.41, 5.74) is -0.0817. The second-order valence-corrected chi connectivity index (χ2v) is 7.83. The zero-order valence-electron chi connectivity index (χ0n) is 11.2. The smallest absolute Gasteiger partial charge is 0.370 e. The van der Waals surface area contributed by atoms with Gasteiger partial charge >= 0.3 is 6.18 Å². The van der Waals surface area contributed by atoms with Crippen molar-refractivity contribution in [2.24, 2.45) is 0 Å². The highest BCUT2D eigenvalue weighted by Crippen LogP contribution is 2.35. The summed E-state index contributed by atoms with van der Waals surface area (Å²) < 4.78 is 62.3. The molecule has 8 heteroatoms. The fourth-order valence-electron chi connectivity index (χ4n) is 2.34. The molecule has 1 fully saturated rings. The summed E-state index contributed by atoms with van der Waals surface area (Å²) in [4.78, 5) is 1.71. The molecule has 21 heavy (non-hydrogen) atoms. The summed E-state index contributed by atoms with van der Waals surface area (Å²) in [6.07, 6.45) is -3.99. The average Bonchev–Trinajstić information content (AvgIpc) is 2.58. The van der Waals surface area contributed by atoms with Gasteiger partial charge in [0.25, 0.3) is 0 Å². The minimum absolute atomic E-state index is 0.0193. The van der Waals surface area contributed by atoms with Crippen LogP contribution in [0.25, 0.3) is 0 Å². The molecular formula is C13H15BrF3NO2S. The van der Waals surface area contributed by atoms with Crippen LogP contribution in [-0.4, -0.2) is 33.0 Å².